The predicted molar refractivity (Wildman–Crippen MR) is 158 cm³/mol. The number of nitrogens with zero attached hydrogens (tertiary/aromatic N) is 1. The van der Waals surface area contributed by atoms with Crippen LogP contribution < -0.4 is 5.32 Å². The van der Waals surface area contributed by atoms with Gasteiger partial charge in [0.15, 0.2) is 0 Å². The van der Waals surface area contributed by atoms with Gasteiger partial charge in [0.2, 0.25) is 11.1 Å². The van der Waals surface area contributed by atoms with Crippen molar-refractivity contribution in [1.82, 2.24) is 10.2 Å². The topological polar surface area (TPSA) is 49.4 Å². The average molecular weight is 570 g/mol. The van der Waals surface area contributed by atoms with Crippen molar-refractivity contribution >= 4 is 46.0 Å². The largest absolute Gasteiger partial charge is 0.334 e. The van der Waals surface area contributed by atoms with Gasteiger partial charge in [-0.05, 0) is 48.4 Å². The van der Waals surface area contributed by atoms with Crippen molar-refractivity contribution in [2.24, 2.45) is 0 Å². The van der Waals surface area contributed by atoms with Crippen LogP contribution in [-0.2, 0) is 22.7 Å². The van der Waals surface area contributed by atoms with Crippen LogP contribution in [0.5, 0.6) is 0 Å². The molecule has 0 atom stereocenters. The number of nitrogens with one attached hydrogen (secondary N) is 1. The van der Waals surface area contributed by atoms with Crippen molar-refractivity contribution in [2.45, 2.75) is 89.4 Å². The minimum atomic E-state index is -0.508. The summed E-state index contributed by atoms with van der Waals surface area (Å²) in [6.07, 6.45) is 13.0. The summed E-state index contributed by atoms with van der Waals surface area (Å²) in [7, 11) is 0. The third-order valence-corrected chi connectivity index (χ3v) is 7.54. The standard InChI is InChI=1S/C15H20ClNO.C13H19N.C2H2Cl2O.H2/c16-11-15(18)17(14-9-5-2-6-10-14)12-13-7-3-1-4-8-13;1-3-7-12(8-4-1)11-14-13-9-5-2-6-10-13;3-1-2(4)5;/h1,3-4,7-8,14H,2,5-6,9-12H2;1,3-4,7-8,13-14H,2,5-6,9-11H2;1H2;1H. The fourth-order valence-electron chi connectivity index (χ4n) is 4.84. The van der Waals surface area contributed by atoms with Crippen LogP contribution in [0, 0.1) is 0 Å². The lowest BCUT2D eigenvalue weighted by atomic mass is 9.94. The predicted octanol–water partition coefficient (Wildman–Crippen LogP) is 7.93. The molecule has 37 heavy (non-hydrogen) atoms. The highest BCUT2D eigenvalue weighted by atomic mass is 35.5. The van der Waals surface area contributed by atoms with Crippen LogP contribution in [0.4, 0.5) is 0 Å². The van der Waals surface area contributed by atoms with Gasteiger partial charge in [-0.15, -0.1) is 23.2 Å². The molecule has 0 aliphatic heterocycles. The highest BCUT2D eigenvalue weighted by Crippen LogP contribution is 2.24. The number of hydrogen-bond donors (Lipinski definition) is 1. The summed E-state index contributed by atoms with van der Waals surface area (Å²) in [5.74, 6) is 0.0534. The summed E-state index contributed by atoms with van der Waals surface area (Å²) < 4.78 is 0. The molecule has 0 unspecified atom stereocenters. The summed E-state index contributed by atoms with van der Waals surface area (Å²) in [5.41, 5.74) is 2.58. The van der Waals surface area contributed by atoms with Gasteiger partial charge in [-0.2, -0.15) is 0 Å². The van der Waals surface area contributed by atoms with E-state index in [0.29, 0.717) is 12.6 Å². The Kier molecular flexibility index (Phi) is 16.6. The van der Waals surface area contributed by atoms with Crippen LogP contribution in [-0.4, -0.2) is 39.9 Å². The zero-order valence-corrected chi connectivity index (χ0v) is 24.0. The van der Waals surface area contributed by atoms with Gasteiger partial charge in [-0.1, -0.05) is 99.2 Å². The van der Waals surface area contributed by atoms with E-state index in [1.807, 2.05) is 23.1 Å². The molecule has 2 aliphatic rings. The molecule has 4 rings (SSSR count). The maximum atomic E-state index is 12.0. The number of carbonyl (C=O) groups is 2. The molecule has 0 radical (unpaired) electrons. The molecule has 0 spiro atoms. The molecule has 2 aliphatic carbocycles. The lowest BCUT2D eigenvalue weighted by Crippen LogP contribution is -2.41. The van der Waals surface area contributed by atoms with Crippen molar-refractivity contribution in [3.63, 3.8) is 0 Å². The summed E-state index contributed by atoms with van der Waals surface area (Å²) >= 11 is 15.3. The van der Waals surface area contributed by atoms with E-state index in [-0.39, 0.29) is 19.1 Å². The quantitative estimate of drug-likeness (QED) is 0.259. The molecule has 0 heterocycles. The van der Waals surface area contributed by atoms with E-state index in [9.17, 15) is 9.59 Å². The Bertz CT molecular complexity index is 878. The number of amides is 1. The molecule has 7 heteroatoms. The first-order valence-electron chi connectivity index (χ1n) is 13.4. The second-order valence-electron chi connectivity index (χ2n) is 9.62. The molecular weight excluding hydrogens is 527 g/mol. The third-order valence-electron chi connectivity index (χ3n) is 6.79. The molecule has 0 aromatic heterocycles. The number of alkyl halides is 2. The molecule has 2 saturated carbocycles. The van der Waals surface area contributed by atoms with Crippen molar-refractivity contribution < 1.29 is 11.0 Å². The smallest absolute Gasteiger partial charge is 0.238 e. The maximum Gasteiger partial charge on any atom is 0.238 e. The Morgan fingerprint density at radius 1 is 0.757 bits per heavy atom. The fourth-order valence-corrected chi connectivity index (χ4v) is 4.99. The molecular formula is C30H43Cl3N2O2. The number of hydrogen-bond acceptors (Lipinski definition) is 3. The summed E-state index contributed by atoms with van der Waals surface area (Å²) in [4.78, 5) is 23.4. The second kappa shape index (κ2) is 19.5. The van der Waals surface area contributed by atoms with Crippen LogP contribution in [0.2, 0.25) is 0 Å². The lowest BCUT2D eigenvalue weighted by molar-refractivity contribution is -0.132. The molecule has 2 fully saturated rings. The Balaban J connectivity index is 0.000000322. The van der Waals surface area contributed by atoms with Crippen molar-refractivity contribution in [3.05, 3.63) is 71.8 Å². The zero-order valence-electron chi connectivity index (χ0n) is 21.7. The van der Waals surface area contributed by atoms with Gasteiger partial charge < -0.3 is 10.2 Å². The second-order valence-corrected chi connectivity index (χ2v) is 10.6. The van der Waals surface area contributed by atoms with E-state index < -0.39 is 5.24 Å². The van der Waals surface area contributed by atoms with Crippen LogP contribution in [0.1, 0.15) is 76.8 Å². The molecule has 0 saturated heterocycles. The van der Waals surface area contributed by atoms with E-state index in [2.05, 4.69) is 47.8 Å². The fraction of sp³-hybridized carbons (Fsp3) is 0.533. The molecule has 206 valence electrons. The molecule has 0 bridgehead atoms. The number of halogens is 3. The van der Waals surface area contributed by atoms with Gasteiger partial charge in [0.25, 0.3) is 0 Å². The molecule has 1 amide bonds. The number of rotatable bonds is 8. The van der Waals surface area contributed by atoms with Gasteiger partial charge in [0.1, 0.15) is 5.88 Å². The lowest BCUT2D eigenvalue weighted by Gasteiger charge is -2.34. The van der Waals surface area contributed by atoms with Gasteiger partial charge in [-0.3, -0.25) is 9.59 Å². The molecule has 1 N–H and O–H groups in total. The first-order chi connectivity index (χ1) is 18.0. The van der Waals surface area contributed by atoms with Crippen LogP contribution >= 0.6 is 34.8 Å². The van der Waals surface area contributed by atoms with Crippen molar-refractivity contribution in [1.29, 1.82) is 0 Å². The van der Waals surface area contributed by atoms with Gasteiger partial charge in [-0.25, -0.2) is 0 Å². The Hall–Kier alpha value is -1.59. The highest BCUT2D eigenvalue weighted by Gasteiger charge is 2.24. The number of carbonyl (C=O) groups excluding carboxylic acids is 2. The average Bonchev–Trinajstić information content (AvgIpc) is 2.97. The van der Waals surface area contributed by atoms with Crippen molar-refractivity contribution in [2.75, 3.05) is 11.8 Å². The van der Waals surface area contributed by atoms with Crippen LogP contribution in [0.15, 0.2) is 60.7 Å². The van der Waals surface area contributed by atoms with Gasteiger partial charge in [0.05, 0.1) is 5.88 Å². The highest BCUT2D eigenvalue weighted by molar-refractivity contribution is 6.67. The van der Waals surface area contributed by atoms with Crippen molar-refractivity contribution in [3.8, 4) is 0 Å². The SMILES string of the molecule is O=C(CCl)N(Cc1ccccc1)C1CCCCC1.O=C(Cl)CCl.[HH].c1ccc(CNC2CCCCC2)cc1. The van der Waals surface area contributed by atoms with E-state index in [4.69, 9.17) is 34.8 Å². The zero-order chi connectivity index (χ0) is 26.7. The van der Waals surface area contributed by atoms with Crippen LogP contribution in [0.3, 0.4) is 0 Å². The van der Waals surface area contributed by atoms with E-state index >= 15 is 0 Å². The van der Waals surface area contributed by atoms with E-state index in [0.717, 1.165) is 25.4 Å². The minimum absolute atomic E-state index is 0. The monoisotopic (exact) mass is 568 g/mol. The minimum Gasteiger partial charge on any atom is -0.334 e. The molecule has 2 aromatic rings. The number of benzene rings is 2. The van der Waals surface area contributed by atoms with Gasteiger partial charge >= 0.3 is 0 Å². The third kappa shape index (κ3) is 13.7. The Labute approximate surface area is 239 Å². The Morgan fingerprint density at radius 3 is 1.73 bits per heavy atom. The maximum absolute atomic E-state index is 12.0. The Morgan fingerprint density at radius 2 is 1.24 bits per heavy atom. The summed E-state index contributed by atoms with van der Waals surface area (Å²) in [6, 6.07) is 22.0. The van der Waals surface area contributed by atoms with E-state index in [1.165, 1.54) is 62.5 Å². The first-order valence-corrected chi connectivity index (χ1v) is 14.9. The first kappa shape index (κ1) is 31.6. The van der Waals surface area contributed by atoms with Crippen LogP contribution in [0.25, 0.3) is 0 Å². The summed E-state index contributed by atoms with van der Waals surface area (Å²) in [6.45, 7) is 1.72. The van der Waals surface area contributed by atoms with Gasteiger partial charge in [0, 0.05) is 26.6 Å². The van der Waals surface area contributed by atoms with E-state index in [1.54, 1.807) is 0 Å². The molecule has 4 nitrogen and oxygen atoms in total. The molecule has 2 aromatic carbocycles. The normalized spacial score (nSPS) is 16.0. The summed E-state index contributed by atoms with van der Waals surface area (Å²) in [5, 5.41) is 3.13.